The Bertz CT molecular complexity index is 887. The summed E-state index contributed by atoms with van der Waals surface area (Å²) in [5, 5.41) is 3.84. The van der Waals surface area contributed by atoms with Crippen molar-refractivity contribution < 1.29 is 19.0 Å². The first-order valence-electron chi connectivity index (χ1n) is 11.1. The predicted molar refractivity (Wildman–Crippen MR) is 121 cm³/mol. The summed E-state index contributed by atoms with van der Waals surface area (Å²) >= 11 is 6.06. The largest absolute Gasteiger partial charge is 0.493 e. The fraction of sp³-hybridized carbons (Fsp3) is 0.480. The molecule has 31 heavy (non-hydrogen) atoms. The molecule has 2 fully saturated rings. The SMILES string of the molecule is COc1cc(CNC(=O)C2(c3ccc(Cl)cc3)CCCC2)ccc1OCC1CCCO1. The molecule has 0 spiro atoms. The van der Waals surface area contributed by atoms with E-state index in [4.69, 9.17) is 25.8 Å². The van der Waals surface area contributed by atoms with Gasteiger partial charge in [-0.05, 0) is 61.1 Å². The van der Waals surface area contributed by atoms with E-state index in [1.807, 2.05) is 42.5 Å². The van der Waals surface area contributed by atoms with Crippen LogP contribution in [0.15, 0.2) is 42.5 Å². The Morgan fingerprint density at radius 3 is 2.58 bits per heavy atom. The van der Waals surface area contributed by atoms with Crippen molar-refractivity contribution in [2.45, 2.75) is 56.6 Å². The summed E-state index contributed by atoms with van der Waals surface area (Å²) < 4.78 is 17.0. The van der Waals surface area contributed by atoms with Gasteiger partial charge in [0.2, 0.25) is 5.91 Å². The lowest BCUT2D eigenvalue weighted by molar-refractivity contribution is -0.126. The highest BCUT2D eigenvalue weighted by atomic mass is 35.5. The monoisotopic (exact) mass is 443 g/mol. The fourth-order valence-corrected chi connectivity index (χ4v) is 4.77. The van der Waals surface area contributed by atoms with Crippen LogP contribution in [0.5, 0.6) is 11.5 Å². The van der Waals surface area contributed by atoms with Crippen LogP contribution in [0.2, 0.25) is 5.02 Å². The van der Waals surface area contributed by atoms with Gasteiger partial charge < -0.3 is 19.5 Å². The topological polar surface area (TPSA) is 56.8 Å². The van der Waals surface area contributed by atoms with Crippen molar-refractivity contribution in [3.8, 4) is 11.5 Å². The molecular formula is C25H30ClNO4. The molecule has 1 heterocycles. The summed E-state index contributed by atoms with van der Waals surface area (Å²) in [4.78, 5) is 13.3. The molecule has 1 saturated heterocycles. The van der Waals surface area contributed by atoms with E-state index in [1.165, 1.54) is 0 Å². The van der Waals surface area contributed by atoms with Crippen LogP contribution < -0.4 is 14.8 Å². The molecule has 0 radical (unpaired) electrons. The van der Waals surface area contributed by atoms with Crippen molar-refractivity contribution >= 4 is 17.5 Å². The molecule has 4 rings (SSSR count). The number of hydrogen-bond acceptors (Lipinski definition) is 4. The Balaban J connectivity index is 1.41. The Kier molecular flexibility index (Phi) is 7.03. The van der Waals surface area contributed by atoms with Crippen molar-refractivity contribution in [2.24, 2.45) is 0 Å². The second kappa shape index (κ2) is 9.92. The highest BCUT2D eigenvalue weighted by Gasteiger charge is 2.42. The lowest BCUT2D eigenvalue weighted by Crippen LogP contribution is -2.42. The van der Waals surface area contributed by atoms with Crippen molar-refractivity contribution in [3.05, 3.63) is 58.6 Å². The molecule has 1 aliphatic carbocycles. The molecule has 2 aromatic carbocycles. The Morgan fingerprint density at radius 1 is 1.13 bits per heavy atom. The van der Waals surface area contributed by atoms with Crippen LogP contribution in [-0.2, 0) is 21.5 Å². The molecule has 1 atom stereocenters. The zero-order chi connectivity index (χ0) is 21.7. The molecule has 0 aromatic heterocycles. The number of carbonyl (C=O) groups excluding carboxylic acids is 1. The summed E-state index contributed by atoms with van der Waals surface area (Å²) in [6, 6.07) is 13.5. The van der Waals surface area contributed by atoms with Crippen molar-refractivity contribution in [2.75, 3.05) is 20.3 Å². The van der Waals surface area contributed by atoms with E-state index in [0.717, 1.165) is 56.3 Å². The second-order valence-corrected chi connectivity index (χ2v) is 8.85. The highest BCUT2D eigenvalue weighted by molar-refractivity contribution is 6.30. The van der Waals surface area contributed by atoms with Crippen molar-refractivity contribution in [3.63, 3.8) is 0 Å². The number of ether oxygens (including phenoxy) is 3. The number of carbonyl (C=O) groups is 1. The van der Waals surface area contributed by atoms with Crippen LogP contribution in [-0.4, -0.2) is 32.3 Å². The number of hydrogen-bond donors (Lipinski definition) is 1. The van der Waals surface area contributed by atoms with E-state index in [0.29, 0.717) is 29.7 Å². The highest BCUT2D eigenvalue weighted by Crippen LogP contribution is 2.41. The van der Waals surface area contributed by atoms with Crippen LogP contribution in [0.3, 0.4) is 0 Å². The second-order valence-electron chi connectivity index (χ2n) is 8.41. The van der Waals surface area contributed by atoms with Gasteiger partial charge in [-0.1, -0.05) is 42.6 Å². The number of methoxy groups -OCH3 is 1. The maximum Gasteiger partial charge on any atom is 0.230 e. The number of nitrogens with one attached hydrogen (secondary N) is 1. The summed E-state index contributed by atoms with van der Waals surface area (Å²) in [5.74, 6) is 1.43. The Morgan fingerprint density at radius 2 is 1.90 bits per heavy atom. The zero-order valence-corrected chi connectivity index (χ0v) is 18.7. The lowest BCUT2D eigenvalue weighted by atomic mass is 9.78. The number of benzene rings is 2. The normalized spacial score (nSPS) is 19.9. The van der Waals surface area contributed by atoms with Crippen LogP contribution in [0.1, 0.15) is 49.7 Å². The molecule has 1 saturated carbocycles. The van der Waals surface area contributed by atoms with Gasteiger partial charge >= 0.3 is 0 Å². The first-order chi connectivity index (χ1) is 15.1. The Hall–Kier alpha value is -2.24. The Labute approximate surface area is 189 Å². The van der Waals surface area contributed by atoms with Crippen LogP contribution in [0, 0.1) is 0 Å². The summed E-state index contributed by atoms with van der Waals surface area (Å²) in [5.41, 5.74) is 1.54. The molecular weight excluding hydrogens is 414 g/mol. The maximum absolute atomic E-state index is 13.3. The van der Waals surface area contributed by atoms with E-state index >= 15 is 0 Å². The van der Waals surface area contributed by atoms with Gasteiger partial charge in [0.25, 0.3) is 0 Å². The van der Waals surface area contributed by atoms with Gasteiger partial charge in [-0.25, -0.2) is 0 Å². The summed E-state index contributed by atoms with van der Waals surface area (Å²) in [7, 11) is 1.63. The van der Waals surface area contributed by atoms with Crippen LogP contribution >= 0.6 is 11.6 Å². The third-order valence-corrected chi connectivity index (χ3v) is 6.67. The molecule has 2 aromatic rings. The van der Waals surface area contributed by atoms with Gasteiger partial charge in [0.1, 0.15) is 6.61 Å². The quantitative estimate of drug-likeness (QED) is 0.621. The first-order valence-corrected chi connectivity index (χ1v) is 11.4. The molecule has 5 nitrogen and oxygen atoms in total. The van der Waals surface area contributed by atoms with Gasteiger partial charge in [0, 0.05) is 18.2 Å². The molecule has 6 heteroatoms. The van der Waals surface area contributed by atoms with Crippen molar-refractivity contribution in [1.82, 2.24) is 5.32 Å². The van der Waals surface area contributed by atoms with E-state index in [2.05, 4.69) is 5.32 Å². The molecule has 1 aliphatic heterocycles. The third kappa shape index (κ3) is 4.99. The molecule has 0 bridgehead atoms. The number of halogens is 1. The third-order valence-electron chi connectivity index (χ3n) is 6.42. The number of rotatable bonds is 8. The van der Waals surface area contributed by atoms with E-state index in [1.54, 1.807) is 7.11 Å². The van der Waals surface area contributed by atoms with Gasteiger partial charge in [-0.15, -0.1) is 0 Å². The minimum atomic E-state index is -0.473. The predicted octanol–water partition coefficient (Wildman–Crippen LogP) is 5.03. The standard InChI is InChI=1S/C25H30ClNO4/c1-29-23-15-18(6-11-22(23)31-17-21-5-4-14-30-21)16-27-24(28)25(12-2-3-13-25)19-7-9-20(26)10-8-19/h6-11,15,21H,2-5,12-14,16-17H2,1H3,(H,27,28). The summed E-state index contributed by atoms with van der Waals surface area (Å²) in [6.45, 7) is 1.77. The van der Waals surface area contributed by atoms with E-state index in [-0.39, 0.29) is 12.0 Å². The lowest BCUT2D eigenvalue weighted by Gasteiger charge is -2.28. The number of amides is 1. The van der Waals surface area contributed by atoms with E-state index in [9.17, 15) is 4.79 Å². The first kappa shape index (κ1) is 22.0. The van der Waals surface area contributed by atoms with Gasteiger partial charge in [-0.2, -0.15) is 0 Å². The van der Waals surface area contributed by atoms with Gasteiger partial charge in [0.15, 0.2) is 11.5 Å². The van der Waals surface area contributed by atoms with Crippen LogP contribution in [0.4, 0.5) is 0 Å². The van der Waals surface area contributed by atoms with Gasteiger partial charge in [-0.3, -0.25) is 4.79 Å². The average Bonchev–Trinajstić information content (AvgIpc) is 3.49. The zero-order valence-electron chi connectivity index (χ0n) is 18.0. The fourth-order valence-electron chi connectivity index (χ4n) is 4.65. The smallest absolute Gasteiger partial charge is 0.230 e. The summed E-state index contributed by atoms with van der Waals surface area (Å²) in [6.07, 6.45) is 6.10. The molecule has 2 aliphatic rings. The molecule has 1 unspecified atom stereocenters. The molecule has 166 valence electrons. The van der Waals surface area contributed by atoms with Crippen molar-refractivity contribution in [1.29, 1.82) is 0 Å². The minimum absolute atomic E-state index is 0.0741. The van der Waals surface area contributed by atoms with E-state index < -0.39 is 5.41 Å². The van der Waals surface area contributed by atoms with Crippen LogP contribution in [0.25, 0.3) is 0 Å². The maximum atomic E-state index is 13.3. The average molecular weight is 444 g/mol. The molecule has 1 amide bonds. The van der Waals surface area contributed by atoms with Gasteiger partial charge in [0.05, 0.1) is 18.6 Å². The minimum Gasteiger partial charge on any atom is -0.493 e. The molecule has 1 N–H and O–H groups in total.